The van der Waals surface area contributed by atoms with E-state index in [1.165, 1.54) is 6.92 Å². The molecule has 1 N–H and O–H groups in total. The van der Waals surface area contributed by atoms with Gasteiger partial charge in [-0.25, -0.2) is 8.42 Å². The molecule has 1 saturated heterocycles. The fraction of sp³-hybridized carbons (Fsp3) is 0.714. The molecule has 0 radical (unpaired) electrons. The third-order valence-electron chi connectivity index (χ3n) is 2.01. The molecule has 14 heavy (non-hydrogen) atoms. The largest absolute Gasteiger partial charge is 0.480 e. The van der Waals surface area contributed by atoms with E-state index in [4.69, 9.17) is 5.11 Å². The summed E-state index contributed by atoms with van der Waals surface area (Å²) in [5, 5.41) is 8.75. The van der Waals surface area contributed by atoms with Gasteiger partial charge in [0, 0.05) is 0 Å². The highest BCUT2D eigenvalue weighted by molar-refractivity contribution is 7.93. The molecule has 0 atom stereocenters. The number of rotatable bonds is 3. The Bertz CT molecular complexity index is 356. The highest BCUT2D eigenvalue weighted by Gasteiger charge is 2.61. The number of esters is 1. The second-order valence-electron chi connectivity index (χ2n) is 3.14. The summed E-state index contributed by atoms with van der Waals surface area (Å²) in [4.78, 5) is 22.0. The maximum absolute atomic E-state index is 11.2. The van der Waals surface area contributed by atoms with E-state index >= 15 is 0 Å². The molecule has 0 bridgehead atoms. The normalized spacial score (nSPS) is 22.1. The zero-order valence-corrected chi connectivity index (χ0v) is 8.33. The van der Waals surface area contributed by atoms with Crippen molar-refractivity contribution in [2.24, 2.45) is 5.41 Å². The quantitative estimate of drug-likeness (QED) is 0.488. The highest BCUT2D eigenvalue weighted by atomic mass is 32.2. The minimum Gasteiger partial charge on any atom is -0.480 e. The maximum Gasteiger partial charge on any atom is 0.325 e. The molecule has 1 rings (SSSR count). The lowest BCUT2D eigenvalue weighted by atomic mass is 9.92. The first kappa shape index (κ1) is 11.0. The highest BCUT2D eigenvalue weighted by Crippen LogP contribution is 2.34. The Kier molecular flexibility index (Phi) is 2.53. The third-order valence-corrected chi connectivity index (χ3v) is 3.87. The van der Waals surface area contributed by atoms with Crippen molar-refractivity contribution in [1.29, 1.82) is 0 Å². The molecule has 0 aliphatic carbocycles. The molecule has 1 aliphatic rings. The SMILES string of the molecule is CCOC(=O)C1(C(=O)O)CS(=O)(=O)C1. The van der Waals surface area contributed by atoms with Crippen LogP contribution in [0.5, 0.6) is 0 Å². The number of ether oxygens (including phenoxy) is 1. The number of carbonyl (C=O) groups is 2. The van der Waals surface area contributed by atoms with Gasteiger partial charge in [-0.15, -0.1) is 0 Å². The number of carboxylic acid groups (broad SMARTS) is 1. The first-order chi connectivity index (χ1) is 6.34. The van der Waals surface area contributed by atoms with E-state index < -0.39 is 38.7 Å². The Labute approximate surface area is 80.8 Å². The van der Waals surface area contributed by atoms with E-state index in [0.717, 1.165) is 0 Å². The van der Waals surface area contributed by atoms with Crippen molar-refractivity contribution in [2.75, 3.05) is 18.1 Å². The fourth-order valence-electron chi connectivity index (χ4n) is 1.31. The maximum atomic E-state index is 11.2. The van der Waals surface area contributed by atoms with E-state index in [1.54, 1.807) is 0 Å². The zero-order valence-electron chi connectivity index (χ0n) is 7.52. The Hall–Kier alpha value is -1.11. The molecular weight excluding hydrogens is 212 g/mol. The monoisotopic (exact) mass is 222 g/mol. The first-order valence-corrected chi connectivity index (χ1v) is 5.77. The minimum absolute atomic E-state index is 0.0356. The summed E-state index contributed by atoms with van der Waals surface area (Å²) >= 11 is 0. The van der Waals surface area contributed by atoms with Crippen LogP contribution in [0, 0.1) is 5.41 Å². The van der Waals surface area contributed by atoms with Gasteiger partial charge in [0.25, 0.3) is 0 Å². The van der Waals surface area contributed by atoms with E-state index in [-0.39, 0.29) is 6.61 Å². The summed E-state index contributed by atoms with van der Waals surface area (Å²) in [5.41, 5.74) is -1.87. The van der Waals surface area contributed by atoms with Gasteiger partial charge in [-0.3, -0.25) is 9.59 Å². The van der Waals surface area contributed by atoms with E-state index in [9.17, 15) is 18.0 Å². The summed E-state index contributed by atoms with van der Waals surface area (Å²) in [6.45, 7) is 1.56. The number of carbonyl (C=O) groups excluding carboxylic acids is 1. The summed E-state index contributed by atoms with van der Waals surface area (Å²) in [6, 6.07) is 0. The summed E-state index contributed by atoms with van der Waals surface area (Å²) in [6.07, 6.45) is 0. The number of sulfone groups is 1. The van der Waals surface area contributed by atoms with Gasteiger partial charge >= 0.3 is 11.9 Å². The van der Waals surface area contributed by atoms with Gasteiger partial charge in [0.2, 0.25) is 0 Å². The molecule has 0 aromatic heterocycles. The van der Waals surface area contributed by atoms with Crippen LogP contribution in [0.4, 0.5) is 0 Å². The molecule has 1 heterocycles. The number of hydrogen-bond acceptors (Lipinski definition) is 5. The first-order valence-electron chi connectivity index (χ1n) is 3.95. The molecular formula is C7H10O6S. The van der Waals surface area contributed by atoms with Crippen molar-refractivity contribution in [3.63, 3.8) is 0 Å². The van der Waals surface area contributed by atoms with Gasteiger partial charge in [0.15, 0.2) is 15.3 Å². The van der Waals surface area contributed by atoms with E-state index in [1.807, 2.05) is 0 Å². The van der Waals surface area contributed by atoms with Gasteiger partial charge in [0.1, 0.15) is 0 Å². The Morgan fingerprint density at radius 3 is 2.21 bits per heavy atom. The predicted molar refractivity (Wildman–Crippen MR) is 45.4 cm³/mol. The fourth-order valence-corrected chi connectivity index (χ4v) is 3.21. The van der Waals surface area contributed by atoms with Crippen LogP contribution in [0.1, 0.15) is 6.92 Å². The van der Waals surface area contributed by atoms with E-state index in [2.05, 4.69) is 4.74 Å². The van der Waals surface area contributed by atoms with Crippen molar-refractivity contribution in [2.45, 2.75) is 6.92 Å². The molecule has 0 aromatic carbocycles. The van der Waals surface area contributed by atoms with Crippen LogP contribution < -0.4 is 0 Å². The third kappa shape index (κ3) is 1.59. The lowest BCUT2D eigenvalue weighted by molar-refractivity contribution is -0.166. The Morgan fingerprint density at radius 2 is 1.93 bits per heavy atom. The lowest BCUT2D eigenvalue weighted by Gasteiger charge is -2.34. The van der Waals surface area contributed by atoms with Crippen molar-refractivity contribution >= 4 is 21.8 Å². The molecule has 1 aliphatic heterocycles. The minimum atomic E-state index is -3.38. The molecule has 0 spiro atoms. The summed E-state index contributed by atoms with van der Waals surface area (Å²) in [5.74, 6) is -3.73. The summed E-state index contributed by atoms with van der Waals surface area (Å²) in [7, 11) is -3.38. The second-order valence-corrected chi connectivity index (χ2v) is 5.20. The Balaban J connectivity index is 2.88. The van der Waals surface area contributed by atoms with Crippen LogP contribution in [0.2, 0.25) is 0 Å². The van der Waals surface area contributed by atoms with Gasteiger partial charge in [0.05, 0.1) is 18.1 Å². The van der Waals surface area contributed by atoms with E-state index in [0.29, 0.717) is 0 Å². The Morgan fingerprint density at radius 1 is 1.43 bits per heavy atom. The summed E-state index contributed by atoms with van der Waals surface area (Å²) < 4.78 is 26.2. The molecule has 0 aromatic rings. The molecule has 7 heteroatoms. The molecule has 0 amide bonds. The van der Waals surface area contributed by atoms with Crippen molar-refractivity contribution in [3.05, 3.63) is 0 Å². The number of carboxylic acids is 1. The topological polar surface area (TPSA) is 97.7 Å². The lowest BCUT2D eigenvalue weighted by Crippen LogP contribution is -2.59. The van der Waals surface area contributed by atoms with Crippen LogP contribution in [-0.2, 0) is 24.2 Å². The molecule has 0 saturated carbocycles. The van der Waals surface area contributed by atoms with Crippen molar-refractivity contribution < 1.29 is 27.9 Å². The smallest absolute Gasteiger partial charge is 0.325 e. The van der Waals surface area contributed by atoms with Crippen molar-refractivity contribution in [1.82, 2.24) is 0 Å². The number of hydrogen-bond donors (Lipinski definition) is 1. The average molecular weight is 222 g/mol. The van der Waals surface area contributed by atoms with Gasteiger partial charge in [-0.05, 0) is 6.92 Å². The average Bonchev–Trinajstić information content (AvgIpc) is 1.99. The van der Waals surface area contributed by atoms with Crippen LogP contribution in [0.25, 0.3) is 0 Å². The second kappa shape index (κ2) is 3.23. The van der Waals surface area contributed by atoms with Crippen molar-refractivity contribution in [3.8, 4) is 0 Å². The predicted octanol–water partition coefficient (Wildman–Crippen LogP) is -0.951. The van der Waals surface area contributed by atoms with Crippen LogP contribution >= 0.6 is 0 Å². The molecule has 1 fully saturated rings. The van der Waals surface area contributed by atoms with Crippen LogP contribution in [-0.4, -0.2) is 43.6 Å². The molecule has 6 nitrogen and oxygen atoms in total. The van der Waals surface area contributed by atoms with Crippen LogP contribution in [0.3, 0.4) is 0 Å². The molecule has 80 valence electrons. The zero-order chi connectivity index (χ0) is 11.0. The van der Waals surface area contributed by atoms with Gasteiger partial charge in [-0.2, -0.15) is 0 Å². The van der Waals surface area contributed by atoms with Crippen LogP contribution in [0.15, 0.2) is 0 Å². The number of aliphatic carboxylic acids is 1. The van der Waals surface area contributed by atoms with Gasteiger partial charge < -0.3 is 9.84 Å². The van der Waals surface area contributed by atoms with Gasteiger partial charge in [-0.1, -0.05) is 0 Å². The molecule has 0 unspecified atom stereocenters. The standard InChI is InChI=1S/C7H10O6S/c1-2-13-6(10)7(5(8)9)3-14(11,12)4-7/h2-4H2,1H3,(H,8,9).